The van der Waals surface area contributed by atoms with Gasteiger partial charge in [-0.15, -0.1) is 0 Å². The Morgan fingerprint density at radius 2 is 1.71 bits per heavy atom. The number of pyridine rings is 1. The van der Waals surface area contributed by atoms with E-state index in [9.17, 15) is 0 Å². The van der Waals surface area contributed by atoms with Crippen molar-refractivity contribution in [2.24, 2.45) is 0 Å². The molecule has 2 aromatic heterocycles. The molecule has 0 bridgehead atoms. The van der Waals surface area contributed by atoms with Crippen LogP contribution < -0.4 is 0 Å². The SMILES string of the molecule is CCc1ccccc1Cn1nc(-c2ccncc2)c2c1CCCC2. The standard InChI is InChI=1S/C21H23N3/c1-2-16-7-3-4-8-18(16)15-24-20-10-6-5-9-19(20)21(23-24)17-11-13-22-14-12-17/h3-4,7-8,11-14H,2,5-6,9-10,15H2,1H3. The maximum atomic E-state index is 5.02. The zero-order chi connectivity index (χ0) is 16.4. The van der Waals surface area contributed by atoms with E-state index in [1.54, 1.807) is 0 Å². The molecule has 0 atom stereocenters. The van der Waals surface area contributed by atoms with Crippen LogP contribution in [0, 0.1) is 0 Å². The van der Waals surface area contributed by atoms with Gasteiger partial charge in [-0.25, -0.2) is 0 Å². The Balaban J connectivity index is 1.77. The molecule has 4 rings (SSSR count). The molecule has 0 aliphatic heterocycles. The van der Waals surface area contributed by atoms with Gasteiger partial charge in [-0.1, -0.05) is 31.2 Å². The van der Waals surface area contributed by atoms with E-state index >= 15 is 0 Å². The lowest BCUT2D eigenvalue weighted by Gasteiger charge is -2.15. The molecule has 0 spiro atoms. The molecule has 2 heterocycles. The van der Waals surface area contributed by atoms with Gasteiger partial charge in [0.1, 0.15) is 0 Å². The van der Waals surface area contributed by atoms with Crippen LogP contribution in [0.5, 0.6) is 0 Å². The van der Waals surface area contributed by atoms with E-state index in [0.29, 0.717) is 0 Å². The molecular weight excluding hydrogens is 294 g/mol. The number of hydrogen-bond acceptors (Lipinski definition) is 2. The topological polar surface area (TPSA) is 30.7 Å². The minimum Gasteiger partial charge on any atom is -0.265 e. The van der Waals surface area contributed by atoms with Crippen LogP contribution in [0.25, 0.3) is 11.3 Å². The zero-order valence-electron chi connectivity index (χ0n) is 14.2. The number of aromatic nitrogens is 3. The van der Waals surface area contributed by atoms with E-state index < -0.39 is 0 Å². The lowest BCUT2D eigenvalue weighted by Crippen LogP contribution is -2.11. The number of aryl methyl sites for hydroxylation is 1. The average Bonchev–Trinajstić information content (AvgIpc) is 3.02. The van der Waals surface area contributed by atoms with E-state index in [1.165, 1.54) is 40.8 Å². The first-order chi connectivity index (χ1) is 11.9. The summed E-state index contributed by atoms with van der Waals surface area (Å²) in [4.78, 5) is 4.15. The Morgan fingerprint density at radius 1 is 0.958 bits per heavy atom. The Bertz CT molecular complexity index is 834. The predicted molar refractivity (Wildman–Crippen MR) is 97.0 cm³/mol. The first-order valence-corrected chi connectivity index (χ1v) is 8.92. The van der Waals surface area contributed by atoms with Gasteiger partial charge in [-0.05, 0) is 55.4 Å². The first-order valence-electron chi connectivity index (χ1n) is 8.92. The van der Waals surface area contributed by atoms with Gasteiger partial charge in [-0.3, -0.25) is 9.67 Å². The van der Waals surface area contributed by atoms with Crippen LogP contribution in [0.1, 0.15) is 42.1 Å². The Morgan fingerprint density at radius 3 is 2.50 bits per heavy atom. The van der Waals surface area contributed by atoms with Crippen molar-refractivity contribution >= 4 is 0 Å². The van der Waals surface area contributed by atoms with Crippen LogP contribution in [0.2, 0.25) is 0 Å². The Kier molecular flexibility index (Phi) is 4.16. The lowest BCUT2D eigenvalue weighted by molar-refractivity contribution is 0.594. The van der Waals surface area contributed by atoms with Crippen LogP contribution >= 0.6 is 0 Å². The quantitative estimate of drug-likeness (QED) is 0.712. The number of nitrogens with zero attached hydrogens (tertiary/aromatic N) is 3. The molecule has 1 aliphatic rings. The van der Waals surface area contributed by atoms with Crippen LogP contribution in [0.4, 0.5) is 0 Å². The van der Waals surface area contributed by atoms with Crippen molar-refractivity contribution < 1.29 is 0 Å². The molecule has 0 fully saturated rings. The summed E-state index contributed by atoms with van der Waals surface area (Å²) in [5, 5.41) is 5.02. The number of benzene rings is 1. The predicted octanol–water partition coefficient (Wildman–Crippen LogP) is 4.43. The third-order valence-corrected chi connectivity index (χ3v) is 5.03. The molecule has 0 radical (unpaired) electrons. The Labute approximate surface area is 143 Å². The van der Waals surface area contributed by atoms with Crippen molar-refractivity contribution in [3.8, 4) is 11.3 Å². The highest BCUT2D eigenvalue weighted by molar-refractivity contribution is 5.64. The molecule has 0 saturated carbocycles. The highest BCUT2D eigenvalue weighted by Gasteiger charge is 2.22. The summed E-state index contributed by atoms with van der Waals surface area (Å²) in [7, 11) is 0. The highest BCUT2D eigenvalue weighted by atomic mass is 15.3. The van der Waals surface area contributed by atoms with Crippen LogP contribution in [0.15, 0.2) is 48.8 Å². The van der Waals surface area contributed by atoms with Crippen molar-refractivity contribution in [2.45, 2.75) is 45.6 Å². The molecule has 1 aliphatic carbocycles. The molecule has 24 heavy (non-hydrogen) atoms. The molecule has 0 amide bonds. The van der Waals surface area contributed by atoms with Crippen molar-refractivity contribution in [1.82, 2.24) is 14.8 Å². The van der Waals surface area contributed by atoms with Crippen LogP contribution in [0.3, 0.4) is 0 Å². The monoisotopic (exact) mass is 317 g/mol. The van der Waals surface area contributed by atoms with Gasteiger partial charge in [0.15, 0.2) is 0 Å². The largest absolute Gasteiger partial charge is 0.265 e. The molecule has 0 N–H and O–H groups in total. The molecule has 3 nitrogen and oxygen atoms in total. The molecule has 3 heteroatoms. The summed E-state index contributed by atoms with van der Waals surface area (Å²) in [5.74, 6) is 0. The van der Waals surface area contributed by atoms with Crippen molar-refractivity contribution in [3.05, 3.63) is 71.2 Å². The lowest BCUT2D eigenvalue weighted by atomic mass is 9.93. The summed E-state index contributed by atoms with van der Waals surface area (Å²) in [6.07, 6.45) is 9.60. The third kappa shape index (κ3) is 2.75. The van der Waals surface area contributed by atoms with Crippen molar-refractivity contribution in [3.63, 3.8) is 0 Å². The summed E-state index contributed by atoms with van der Waals surface area (Å²) in [6.45, 7) is 3.09. The van der Waals surface area contributed by atoms with Gasteiger partial charge in [0.2, 0.25) is 0 Å². The third-order valence-electron chi connectivity index (χ3n) is 5.03. The number of fused-ring (bicyclic) bond motifs is 1. The fourth-order valence-corrected chi connectivity index (χ4v) is 3.76. The number of hydrogen-bond donors (Lipinski definition) is 0. The molecule has 3 aromatic rings. The minimum absolute atomic E-state index is 0.872. The van der Waals surface area contributed by atoms with Gasteiger partial charge >= 0.3 is 0 Å². The van der Waals surface area contributed by atoms with Crippen molar-refractivity contribution in [1.29, 1.82) is 0 Å². The first kappa shape index (κ1) is 15.1. The average molecular weight is 317 g/mol. The second kappa shape index (κ2) is 6.60. The second-order valence-electron chi connectivity index (χ2n) is 6.50. The van der Waals surface area contributed by atoms with Gasteiger partial charge in [0.25, 0.3) is 0 Å². The van der Waals surface area contributed by atoms with Crippen LogP contribution in [-0.2, 0) is 25.8 Å². The smallest absolute Gasteiger partial charge is 0.0959 e. The molecule has 1 aromatic carbocycles. The number of rotatable bonds is 4. The van der Waals surface area contributed by atoms with E-state index in [2.05, 4.69) is 53.0 Å². The van der Waals surface area contributed by atoms with Gasteiger partial charge < -0.3 is 0 Å². The normalized spacial score (nSPS) is 13.7. The molecule has 0 saturated heterocycles. The fraction of sp³-hybridized carbons (Fsp3) is 0.333. The fourth-order valence-electron chi connectivity index (χ4n) is 3.76. The van der Waals surface area contributed by atoms with E-state index in [0.717, 1.165) is 31.5 Å². The highest BCUT2D eigenvalue weighted by Crippen LogP contribution is 2.31. The minimum atomic E-state index is 0.872. The molecule has 0 unspecified atom stereocenters. The van der Waals surface area contributed by atoms with E-state index in [1.807, 2.05) is 12.4 Å². The summed E-state index contributed by atoms with van der Waals surface area (Å²) >= 11 is 0. The summed E-state index contributed by atoms with van der Waals surface area (Å²) < 4.78 is 2.25. The molecular formula is C21H23N3. The van der Waals surface area contributed by atoms with E-state index in [4.69, 9.17) is 5.10 Å². The maximum absolute atomic E-state index is 5.02. The maximum Gasteiger partial charge on any atom is 0.0959 e. The van der Waals surface area contributed by atoms with Crippen LogP contribution in [-0.4, -0.2) is 14.8 Å². The second-order valence-corrected chi connectivity index (χ2v) is 6.50. The van der Waals surface area contributed by atoms with Gasteiger partial charge in [-0.2, -0.15) is 5.10 Å². The summed E-state index contributed by atoms with van der Waals surface area (Å²) in [6, 6.07) is 12.9. The van der Waals surface area contributed by atoms with Gasteiger partial charge in [0.05, 0.1) is 12.2 Å². The van der Waals surface area contributed by atoms with E-state index in [-0.39, 0.29) is 0 Å². The van der Waals surface area contributed by atoms with Gasteiger partial charge in [0, 0.05) is 29.2 Å². The van der Waals surface area contributed by atoms with Crippen molar-refractivity contribution in [2.75, 3.05) is 0 Å². The zero-order valence-corrected chi connectivity index (χ0v) is 14.2. The Hall–Kier alpha value is -2.42. The summed E-state index contributed by atoms with van der Waals surface area (Å²) in [5.41, 5.74) is 8.02. The molecule has 122 valence electrons.